The molecule has 29 heavy (non-hydrogen) atoms. The first-order chi connectivity index (χ1) is 13.6. The molecule has 0 saturated carbocycles. The van der Waals surface area contributed by atoms with Crippen molar-refractivity contribution in [1.29, 1.82) is 0 Å². The number of aliphatic imine (C=N–C) groups is 1. The van der Waals surface area contributed by atoms with Gasteiger partial charge in [0.15, 0.2) is 5.96 Å². The van der Waals surface area contributed by atoms with Crippen LogP contribution in [0.1, 0.15) is 16.7 Å². The molecule has 0 atom stereocenters. The van der Waals surface area contributed by atoms with E-state index >= 15 is 0 Å². The Bertz CT molecular complexity index is 969. The first-order valence-electron chi connectivity index (χ1n) is 9.48. The summed E-state index contributed by atoms with van der Waals surface area (Å²) in [6.07, 6.45) is 3.68. The van der Waals surface area contributed by atoms with Gasteiger partial charge in [-0.15, -0.1) is 24.0 Å². The Labute approximate surface area is 188 Å². The van der Waals surface area contributed by atoms with Crippen molar-refractivity contribution >= 4 is 40.8 Å². The lowest BCUT2D eigenvalue weighted by Crippen LogP contribution is -2.39. The van der Waals surface area contributed by atoms with E-state index in [1.807, 2.05) is 12.1 Å². The number of hydrogen-bond acceptors (Lipinski definition) is 3. The zero-order valence-electron chi connectivity index (χ0n) is 17.1. The number of H-pyrrole nitrogens is 1. The minimum atomic E-state index is 0. The molecule has 4 N–H and O–H groups in total. The number of nitrogens with zero attached hydrogens (tertiary/aromatic N) is 1. The molecule has 0 saturated heterocycles. The summed E-state index contributed by atoms with van der Waals surface area (Å²) < 4.78 is 5.11. The van der Waals surface area contributed by atoms with Crippen LogP contribution in [0.4, 0.5) is 0 Å². The minimum Gasteiger partial charge on any atom is -0.508 e. The molecule has 0 amide bonds. The number of methoxy groups -OCH3 is 1. The van der Waals surface area contributed by atoms with Crippen molar-refractivity contribution in [2.75, 3.05) is 27.2 Å². The van der Waals surface area contributed by atoms with Gasteiger partial charge in [0.1, 0.15) is 11.5 Å². The van der Waals surface area contributed by atoms with E-state index in [0.717, 1.165) is 24.5 Å². The van der Waals surface area contributed by atoms with Crippen LogP contribution in [0.2, 0.25) is 0 Å². The molecule has 0 aliphatic rings. The maximum Gasteiger partial charge on any atom is 0.190 e. The predicted molar refractivity (Wildman–Crippen MR) is 130 cm³/mol. The van der Waals surface area contributed by atoms with Crippen molar-refractivity contribution in [1.82, 2.24) is 15.6 Å². The Kier molecular flexibility index (Phi) is 8.63. The fourth-order valence-electron chi connectivity index (χ4n) is 3.30. The smallest absolute Gasteiger partial charge is 0.190 e. The Hall–Kier alpha value is -2.42. The highest BCUT2D eigenvalue weighted by Gasteiger charge is 2.06. The van der Waals surface area contributed by atoms with E-state index in [1.54, 1.807) is 20.2 Å². The topological polar surface area (TPSA) is 81.7 Å². The lowest BCUT2D eigenvalue weighted by atomic mass is 10.1. The van der Waals surface area contributed by atoms with Gasteiger partial charge in [-0.25, -0.2) is 0 Å². The van der Waals surface area contributed by atoms with Crippen molar-refractivity contribution in [2.24, 2.45) is 4.99 Å². The van der Waals surface area contributed by atoms with Crippen LogP contribution >= 0.6 is 24.0 Å². The first-order valence-corrected chi connectivity index (χ1v) is 9.48. The molecule has 0 radical (unpaired) electrons. The minimum absolute atomic E-state index is 0. The van der Waals surface area contributed by atoms with Crippen LogP contribution in [-0.2, 0) is 12.8 Å². The summed E-state index contributed by atoms with van der Waals surface area (Å²) in [5, 5.41) is 18.0. The van der Waals surface area contributed by atoms with Crippen LogP contribution < -0.4 is 15.4 Å². The third kappa shape index (κ3) is 5.79. The molecule has 0 aliphatic heterocycles. The molecule has 0 spiro atoms. The number of para-hydroxylation sites is 1. The molecule has 3 aromatic rings. The van der Waals surface area contributed by atoms with Crippen molar-refractivity contribution in [3.8, 4) is 11.5 Å². The van der Waals surface area contributed by atoms with Gasteiger partial charge in [-0.2, -0.15) is 0 Å². The number of benzene rings is 2. The fourth-order valence-corrected chi connectivity index (χ4v) is 3.30. The molecule has 0 bridgehead atoms. The number of guanidine groups is 1. The van der Waals surface area contributed by atoms with Gasteiger partial charge in [0.25, 0.3) is 0 Å². The molecular weight excluding hydrogens is 479 g/mol. The van der Waals surface area contributed by atoms with E-state index in [1.165, 1.54) is 22.0 Å². The SMILES string of the molecule is CN=C(NCCc1ccc(OC)cc1O)NCCc1c[nH]c2c(C)cccc12.I. The van der Waals surface area contributed by atoms with Crippen LogP contribution in [-0.4, -0.2) is 43.3 Å². The number of fused-ring (bicyclic) bond motifs is 1. The van der Waals surface area contributed by atoms with Crippen LogP contribution in [0.15, 0.2) is 47.6 Å². The number of halogens is 1. The number of nitrogens with one attached hydrogen (secondary N) is 3. The second kappa shape index (κ2) is 10.9. The number of rotatable bonds is 7. The second-order valence-electron chi connectivity index (χ2n) is 6.73. The number of hydrogen-bond donors (Lipinski definition) is 4. The normalized spacial score (nSPS) is 11.2. The molecule has 0 unspecified atom stereocenters. The Morgan fingerprint density at radius 2 is 1.83 bits per heavy atom. The Morgan fingerprint density at radius 3 is 2.48 bits per heavy atom. The van der Waals surface area contributed by atoms with Gasteiger partial charge in [-0.3, -0.25) is 4.99 Å². The molecule has 3 rings (SSSR count). The average molecular weight is 508 g/mol. The highest BCUT2D eigenvalue weighted by Crippen LogP contribution is 2.23. The Balaban J connectivity index is 0.00000300. The number of phenolic OH excluding ortho intramolecular Hbond substituents is 1. The molecule has 1 heterocycles. The zero-order valence-corrected chi connectivity index (χ0v) is 19.4. The number of aromatic amines is 1. The van der Waals surface area contributed by atoms with E-state index in [4.69, 9.17) is 4.74 Å². The Morgan fingerprint density at radius 1 is 1.10 bits per heavy atom. The summed E-state index contributed by atoms with van der Waals surface area (Å²) >= 11 is 0. The summed E-state index contributed by atoms with van der Waals surface area (Å²) in [5.41, 5.74) is 4.64. The highest BCUT2D eigenvalue weighted by atomic mass is 127. The van der Waals surface area contributed by atoms with Crippen molar-refractivity contribution in [3.05, 3.63) is 59.3 Å². The molecule has 0 fully saturated rings. The number of ether oxygens (including phenoxy) is 1. The van der Waals surface area contributed by atoms with Crippen molar-refractivity contribution in [2.45, 2.75) is 19.8 Å². The summed E-state index contributed by atoms with van der Waals surface area (Å²) in [6, 6.07) is 11.7. The summed E-state index contributed by atoms with van der Waals surface area (Å²) in [5.74, 6) is 1.65. The van der Waals surface area contributed by atoms with Gasteiger partial charge < -0.3 is 25.5 Å². The lowest BCUT2D eigenvalue weighted by Gasteiger charge is -2.12. The van der Waals surface area contributed by atoms with E-state index in [2.05, 4.69) is 51.9 Å². The molecule has 1 aromatic heterocycles. The van der Waals surface area contributed by atoms with Crippen LogP contribution in [0, 0.1) is 6.92 Å². The summed E-state index contributed by atoms with van der Waals surface area (Å²) in [4.78, 5) is 7.64. The van der Waals surface area contributed by atoms with Crippen LogP contribution in [0.3, 0.4) is 0 Å². The predicted octanol–water partition coefficient (Wildman–Crippen LogP) is 3.76. The maximum absolute atomic E-state index is 10.0. The van der Waals surface area contributed by atoms with E-state index in [-0.39, 0.29) is 29.7 Å². The van der Waals surface area contributed by atoms with Gasteiger partial charge in [-0.1, -0.05) is 24.3 Å². The molecular formula is C22H29IN4O2. The lowest BCUT2D eigenvalue weighted by molar-refractivity contribution is 0.406. The summed E-state index contributed by atoms with van der Waals surface area (Å²) in [6.45, 7) is 3.58. The quantitative estimate of drug-likeness (QED) is 0.223. The second-order valence-corrected chi connectivity index (χ2v) is 6.73. The number of phenols is 1. The van der Waals surface area contributed by atoms with Crippen molar-refractivity contribution in [3.63, 3.8) is 0 Å². The largest absolute Gasteiger partial charge is 0.508 e. The molecule has 7 heteroatoms. The van der Waals surface area contributed by atoms with Gasteiger partial charge in [0.2, 0.25) is 0 Å². The zero-order chi connectivity index (χ0) is 19.9. The van der Waals surface area contributed by atoms with Crippen molar-refractivity contribution < 1.29 is 9.84 Å². The first kappa shape index (κ1) is 22.9. The van der Waals surface area contributed by atoms with Gasteiger partial charge in [0.05, 0.1) is 7.11 Å². The standard InChI is InChI=1S/C22H28N4O2.HI/c1-15-5-4-6-19-17(14-26-21(15)19)10-12-25-22(23-2)24-11-9-16-7-8-18(28-3)13-20(16)27;/h4-8,13-14,26-27H,9-12H2,1-3H3,(H2,23,24,25);1H. The highest BCUT2D eigenvalue weighted by molar-refractivity contribution is 14.0. The van der Waals surface area contributed by atoms with Gasteiger partial charge in [-0.05, 0) is 42.5 Å². The maximum atomic E-state index is 10.0. The molecule has 2 aromatic carbocycles. The van der Waals surface area contributed by atoms with E-state index in [9.17, 15) is 5.11 Å². The van der Waals surface area contributed by atoms with E-state index in [0.29, 0.717) is 18.7 Å². The van der Waals surface area contributed by atoms with E-state index < -0.39 is 0 Å². The molecule has 0 aliphatic carbocycles. The fraction of sp³-hybridized carbons (Fsp3) is 0.318. The van der Waals surface area contributed by atoms with Crippen LogP contribution in [0.5, 0.6) is 11.5 Å². The molecule has 6 nitrogen and oxygen atoms in total. The average Bonchev–Trinajstić information content (AvgIpc) is 3.12. The van der Waals surface area contributed by atoms with Gasteiger partial charge >= 0.3 is 0 Å². The summed E-state index contributed by atoms with van der Waals surface area (Å²) in [7, 11) is 3.35. The third-order valence-corrected chi connectivity index (χ3v) is 4.90. The monoisotopic (exact) mass is 508 g/mol. The number of aryl methyl sites for hydroxylation is 1. The third-order valence-electron chi connectivity index (χ3n) is 4.90. The van der Waals surface area contributed by atoms with Gasteiger partial charge in [0, 0.05) is 43.3 Å². The van der Waals surface area contributed by atoms with Crippen LogP contribution in [0.25, 0.3) is 10.9 Å². The molecule has 156 valence electrons. The number of aromatic hydroxyl groups is 1. The number of aromatic nitrogens is 1.